The first-order valence-corrected chi connectivity index (χ1v) is 5.38. The number of benzene rings is 1. The Bertz CT molecular complexity index is 361. The summed E-state index contributed by atoms with van der Waals surface area (Å²) in [5.74, 6) is 0. The summed E-state index contributed by atoms with van der Waals surface area (Å²) >= 11 is 1.76. The summed E-state index contributed by atoms with van der Waals surface area (Å²) in [7, 11) is 0. The van der Waals surface area contributed by atoms with Crippen molar-refractivity contribution in [3.05, 3.63) is 52.3 Å². The summed E-state index contributed by atoms with van der Waals surface area (Å²) in [6.07, 6.45) is 3.28. The van der Waals surface area contributed by atoms with Gasteiger partial charge in [0, 0.05) is 0 Å². The molecule has 0 saturated heterocycles. The summed E-state index contributed by atoms with van der Waals surface area (Å²) < 4.78 is 0. The maximum absolute atomic E-state index is 2.24. The van der Waals surface area contributed by atoms with Crippen molar-refractivity contribution in [1.29, 1.82) is 0 Å². The van der Waals surface area contributed by atoms with E-state index in [-0.39, 0.29) is 0 Å². The van der Waals surface area contributed by atoms with Crippen LogP contribution < -0.4 is 0 Å². The van der Waals surface area contributed by atoms with E-state index in [4.69, 9.17) is 0 Å². The van der Waals surface area contributed by atoms with E-state index in [0.717, 1.165) is 6.42 Å². The molecule has 13 heavy (non-hydrogen) atoms. The largest absolute Gasteiger partial charge is 0.106 e. The zero-order chi connectivity index (χ0) is 9.10. The quantitative estimate of drug-likeness (QED) is 0.642. The Morgan fingerprint density at radius 3 is 2.77 bits per heavy atom. The minimum Gasteiger partial charge on any atom is -0.106 e. The minimum absolute atomic E-state index is 1.07. The molecule has 0 atom stereocenters. The SMILES string of the molecule is Cc1ccccc1C1=CSC=CC1. The van der Waals surface area contributed by atoms with E-state index in [1.807, 2.05) is 0 Å². The van der Waals surface area contributed by atoms with Gasteiger partial charge in [-0.15, -0.1) is 11.8 Å². The molecule has 0 nitrogen and oxygen atoms in total. The summed E-state index contributed by atoms with van der Waals surface area (Å²) in [6.45, 7) is 2.17. The Morgan fingerprint density at radius 1 is 1.23 bits per heavy atom. The molecule has 0 radical (unpaired) electrons. The smallest absolute Gasteiger partial charge is 0.00779 e. The van der Waals surface area contributed by atoms with Crippen LogP contribution in [0.1, 0.15) is 17.5 Å². The predicted octanol–water partition coefficient (Wildman–Crippen LogP) is 3.99. The van der Waals surface area contributed by atoms with Crippen molar-refractivity contribution >= 4 is 17.3 Å². The van der Waals surface area contributed by atoms with Crippen LogP contribution in [0, 0.1) is 6.92 Å². The fraction of sp³-hybridized carbons (Fsp3) is 0.167. The van der Waals surface area contributed by atoms with Crippen molar-refractivity contribution in [3.8, 4) is 0 Å². The second kappa shape index (κ2) is 3.84. The molecule has 1 aliphatic rings. The normalized spacial score (nSPS) is 15.6. The minimum atomic E-state index is 1.07. The van der Waals surface area contributed by atoms with Crippen molar-refractivity contribution in [2.24, 2.45) is 0 Å². The fourth-order valence-electron chi connectivity index (χ4n) is 1.51. The lowest BCUT2D eigenvalue weighted by atomic mass is 10.00. The molecule has 1 heterocycles. The molecule has 66 valence electrons. The zero-order valence-corrected chi connectivity index (χ0v) is 8.47. The number of rotatable bonds is 1. The van der Waals surface area contributed by atoms with Crippen molar-refractivity contribution in [3.63, 3.8) is 0 Å². The van der Waals surface area contributed by atoms with Crippen LogP contribution in [0.25, 0.3) is 5.57 Å². The van der Waals surface area contributed by atoms with Gasteiger partial charge in [-0.25, -0.2) is 0 Å². The van der Waals surface area contributed by atoms with Gasteiger partial charge in [0.05, 0.1) is 0 Å². The molecule has 0 spiro atoms. The molecule has 1 heteroatoms. The molecule has 0 saturated carbocycles. The van der Waals surface area contributed by atoms with Crippen LogP contribution in [0.2, 0.25) is 0 Å². The molecule has 0 unspecified atom stereocenters. The monoisotopic (exact) mass is 188 g/mol. The lowest BCUT2D eigenvalue weighted by molar-refractivity contribution is 1.34. The van der Waals surface area contributed by atoms with Gasteiger partial charge in [0.1, 0.15) is 0 Å². The van der Waals surface area contributed by atoms with Crippen LogP contribution in [-0.4, -0.2) is 0 Å². The van der Waals surface area contributed by atoms with Gasteiger partial charge in [0.2, 0.25) is 0 Å². The van der Waals surface area contributed by atoms with Gasteiger partial charge in [-0.1, -0.05) is 30.3 Å². The summed E-state index contributed by atoms with van der Waals surface area (Å²) in [5.41, 5.74) is 4.19. The molecule has 0 aliphatic carbocycles. The molecule has 0 bridgehead atoms. The Morgan fingerprint density at radius 2 is 2.08 bits per heavy atom. The van der Waals surface area contributed by atoms with Crippen molar-refractivity contribution in [1.82, 2.24) is 0 Å². The molecule has 0 fully saturated rings. The highest BCUT2D eigenvalue weighted by Gasteiger charge is 2.04. The average Bonchev–Trinajstić information content (AvgIpc) is 2.20. The topological polar surface area (TPSA) is 0 Å². The second-order valence-electron chi connectivity index (χ2n) is 3.17. The van der Waals surface area contributed by atoms with Crippen molar-refractivity contribution < 1.29 is 0 Å². The third-order valence-corrected chi connectivity index (χ3v) is 2.98. The Hall–Kier alpha value is -0.950. The van der Waals surface area contributed by atoms with E-state index >= 15 is 0 Å². The second-order valence-corrected chi connectivity index (χ2v) is 3.95. The first-order valence-electron chi connectivity index (χ1n) is 4.43. The first-order chi connectivity index (χ1) is 6.38. The van der Waals surface area contributed by atoms with E-state index in [9.17, 15) is 0 Å². The van der Waals surface area contributed by atoms with Crippen LogP contribution in [0.4, 0.5) is 0 Å². The number of aryl methyl sites for hydroxylation is 1. The van der Waals surface area contributed by atoms with E-state index in [0.29, 0.717) is 0 Å². The molecular weight excluding hydrogens is 176 g/mol. The van der Waals surface area contributed by atoms with Crippen LogP contribution in [0.5, 0.6) is 0 Å². The first kappa shape index (κ1) is 8.64. The summed E-state index contributed by atoms with van der Waals surface area (Å²) in [6, 6.07) is 8.55. The number of hydrogen-bond acceptors (Lipinski definition) is 1. The predicted molar refractivity (Wildman–Crippen MR) is 60.5 cm³/mol. The molecule has 1 aliphatic heterocycles. The van der Waals surface area contributed by atoms with Gasteiger partial charge in [-0.3, -0.25) is 0 Å². The van der Waals surface area contributed by atoms with Gasteiger partial charge in [0.25, 0.3) is 0 Å². The Labute approximate surface area is 83.4 Å². The van der Waals surface area contributed by atoms with E-state index in [1.165, 1.54) is 16.7 Å². The highest BCUT2D eigenvalue weighted by atomic mass is 32.2. The summed E-state index contributed by atoms with van der Waals surface area (Å²) in [5, 5.41) is 4.38. The molecule has 0 amide bonds. The number of allylic oxidation sites excluding steroid dienone is 2. The van der Waals surface area contributed by atoms with Crippen LogP contribution >= 0.6 is 11.8 Å². The Balaban J connectivity index is 2.35. The summed E-state index contributed by atoms with van der Waals surface area (Å²) in [4.78, 5) is 0. The van der Waals surface area contributed by atoms with Crippen LogP contribution in [0.15, 0.2) is 41.2 Å². The van der Waals surface area contributed by atoms with Gasteiger partial charge in [-0.05, 0) is 40.9 Å². The van der Waals surface area contributed by atoms with E-state index in [1.54, 1.807) is 11.8 Å². The van der Waals surface area contributed by atoms with Gasteiger partial charge in [0.15, 0.2) is 0 Å². The van der Waals surface area contributed by atoms with E-state index in [2.05, 4.69) is 48.1 Å². The van der Waals surface area contributed by atoms with Gasteiger partial charge < -0.3 is 0 Å². The van der Waals surface area contributed by atoms with Crippen molar-refractivity contribution in [2.45, 2.75) is 13.3 Å². The van der Waals surface area contributed by atoms with E-state index < -0.39 is 0 Å². The molecule has 2 rings (SSSR count). The lowest BCUT2D eigenvalue weighted by Crippen LogP contribution is -1.88. The molecule has 1 aromatic carbocycles. The van der Waals surface area contributed by atoms with Crippen LogP contribution in [-0.2, 0) is 0 Å². The third-order valence-electron chi connectivity index (χ3n) is 2.21. The molecule has 1 aromatic rings. The highest BCUT2D eigenvalue weighted by Crippen LogP contribution is 2.28. The number of hydrogen-bond donors (Lipinski definition) is 0. The molecule has 0 N–H and O–H groups in total. The molecule has 0 aromatic heterocycles. The van der Waals surface area contributed by atoms with Gasteiger partial charge in [-0.2, -0.15) is 0 Å². The third kappa shape index (κ3) is 1.86. The average molecular weight is 188 g/mol. The highest BCUT2D eigenvalue weighted by molar-refractivity contribution is 8.05. The maximum atomic E-state index is 2.24. The van der Waals surface area contributed by atoms with Crippen molar-refractivity contribution in [2.75, 3.05) is 0 Å². The maximum Gasteiger partial charge on any atom is -0.00779 e. The van der Waals surface area contributed by atoms with Gasteiger partial charge >= 0.3 is 0 Å². The standard InChI is InChI=1S/C12H12S/c1-10-5-2-3-7-12(10)11-6-4-8-13-9-11/h2-5,7-9H,6H2,1H3. The number of thioether (sulfide) groups is 1. The zero-order valence-electron chi connectivity index (χ0n) is 7.66. The Kier molecular flexibility index (Phi) is 2.55. The van der Waals surface area contributed by atoms with Crippen LogP contribution in [0.3, 0.4) is 0 Å². The lowest BCUT2D eigenvalue weighted by Gasteiger charge is -2.10. The fourth-order valence-corrected chi connectivity index (χ4v) is 2.18. The molecular formula is C12H12S.